The molecule has 5 aliphatic heterocycles. The molecule has 9 N–H and O–H groups in total. The summed E-state index contributed by atoms with van der Waals surface area (Å²) in [7, 11) is 0. The van der Waals surface area contributed by atoms with Crippen molar-refractivity contribution in [3.05, 3.63) is 108 Å². The molecule has 0 aromatic rings. The van der Waals surface area contributed by atoms with Gasteiger partial charge in [0.2, 0.25) is 5.91 Å². The third kappa shape index (κ3) is 12.9. The lowest BCUT2D eigenvalue weighted by Crippen LogP contribution is -2.65. The molecule has 0 saturated carbocycles. The monoisotopic (exact) mass is 924 g/mol. The summed E-state index contributed by atoms with van der Waals surface area (Å²) in [6.45, 7) is 2.44. The molecule has 346 valence electrons. The zero-order chi connectivity index (χ0) is 46.0. The van der Waals surface area contributed by atoms with Crippen LogP contribution in [0.2, 0.25) is 0 Å². The molecule has 0 aromatic heterocycles. The fourth-order valence-electron chi connectivity index (χ4n) is 7.23. The molecular formula is C43H54Cl2N2O16. The number of allylic oxidation sites excluding steroid dienone is 15. The van der Waals surface area contributed by atoms with Crippen LogP contribution in [0, 0.1) is 0 Å². The van der Waals surface area contributed by atoms with Crippen molar-refractivity contribution in [3.63, 3.8) is 0 Å². The van der Waals surface area contributed by atoms with Crippen LogP contribution in [0.25, 0.3) is 0 Å². The molecule has 18 nitrogen and oxygen atoms in total. The molecule has 5 saturated heterocycles. The molecule has 0 bridgehead atoms. The molecule has 20 heteroatoms. The van der Waals surface area contributed by atoms with Gasteiger partial charge in [0.25, 0.3) is 5.91 Å². The fraction of sp³-hybridized carbons (Fsp3) is 0.512. The molecule has 0 radical (unpaired) electrons. The largest absolute Gasteiger partial charge is 0.507 e. The molecule has 2 amide bonds. The normalized spacial score (nSPS) is 39.4. The average molecular weight is 926 g/mol. The predicted octanol–water partition coefficient (Wildman–Crippen LogP) is 0.648. The van der Waals surface area contributed by atoms with Gasteiger partial charge in [0.05, 0.1) is 43.3 Å². The summed E-state index contributed by atoms with van der Waals surface area (Å²) in [5, 5.41) is 74.9. The highest BCUT2D eigenvalue weighted by molar-refractivity contribution is 6.31. The van der Waals surface area contributed by atoms with Gasteiger partial charge in [-0.1, -0.05) is 84.5 Å². The lowest BCUT2D eigenvalue weighted by molar-refractivity contribution is -0.338. The summed E-state index contributed by atoms with van der Waals surface area (Å²) < 4.78 is 33.7. The highest BCUT2D eigenvalue weighted by Crippen LogP contribution is 2.35. The summed E-state index contributed by atoms with van der Waals surface area (Å²) in [5.74, 6) is -3.89. The number of aliphatic hydroxyl groups excluding tert-OH is 7. The number of ketones is 1. The number of carbonyl (C=O) groups excluding carboxylic acids is 3. The minimum atomic E-state index is -1.90. The maximum Gasteiger partial charge on any atom is 0.264 e. The summed E-state index contributed by atoms with van der Waals surface area (Å²) in [6.07, 6.45) is 6.55. The lowest BCUT2D eigenvalue weighted by atomic mass is 10.0. The molecule has 0 spiro atoms. The van der Waals surface area contributed by atoms with Crippen LogP contribution in [0.1, 0.15) is 26.7 Å². The van der Waals surface area contributed by atoms with Crippen molar-refractivity contribution in [2.75, 3.05) is 13.2 Å². The Morgan fingerprint density at radius 3 is 2.06 bits per heavy atom. The standard InChI is InChI=1S/C43H54Cl2N2O16/c1-22-18-25(45)29(60-22)17-13-9-8-11-15-24(44)14-10-6-4-3-5-7-12-16-27(48)32-34(52)26(19-31(46)50)47(40(32)57)41-39(35(53)28(49)20-58-41)63-42-38(56)36(54)30(21-59-42)62-43-37(55)33(51)23(2)61-43/h3-17,22-23,25-26,28-30,33,35-39,41-43,48-49,51,53-56H,18-21H2,1-2H3,(H2,46,50)/b4-3+,7-5+,9-8-,10-6+,15-11+,16-12+,17-13+,24-14-,32-27-/t22-,23-,25+,26+,28-,29+,30-,33-,35+,36-,37+,38+,39-,41-,42+,43+/m1/s1. The van der Waals surface area contributed by atoms with Crippen LogP contribution in [-0.2, 0) is 42.8 Å². The number of carbonyl (C=O) groups is 3. The van der Waals surface area contributed by atoms with E-state index < -0.39 is 128 Å². The zero-order valence-electron chi connectivity index (χ0n) is 34.3. The van der Waals surface area contributed by atoms with E-state index in [1.54, 1.807) is 48.6 Å². The minimum absolute atomic E-state index is 0.0390. The maximum atomic E-state index is 13.9. The number of halogens is 2. The number of likely N-dealkylation sites (tertiary alicyclic amines) is 1. The van der Waals surface area contributed by atoms with Crippen LogP contribution >= 0.6 is 23.2 Å². The van der Waals surface area contributed by atoms with Crippen molar-refractivity contribution < 1.29 is 78.6 Å². The van der Waals surface area contributed by atoms with Gasteiger partial charge in [0.1, 0.15) is 66.2 Å². The first-order chi connectivity index (χ1) is 30.0. The second-order valence-corrected chi connectivity index (χ2v) is 16.3. The Bertz CT molecular complexity index is 1900. The quantitative estimate of drug-likeness (QED) is 0.0347. The molecule has 5 fully saturated rings. The maximum absolute atomic E-state index is 13.9. The number of rotatable bonds is 16. The van der Waals surface area contributed by atoms with E-state index in [9.17, 15) is 50.1 Å². The van der Waals surface area contributed by atoms with Gasteiger partial charge in [0.15, 0.2) is 24.6 Å². The number of hydrogen-bond acceptors (Lipinski definition) is 16. The zero-order valence-corrected chi connectivity index (χ0v) is 35.8. The third-order valence-electron chi connectivity index (χ3n) is 10.6. The number of aliphatic hydroxyl groups is 7. The smallest absolute Gasteiger partial charge is 0.264 e. The van der Waals surface area contributed by atoms with E-state index in [4.69, 9.17) is 57.4 Å². The van der Waals surface area contributed by atoms with Gasteiger partial charge in [-0.3, -0.25) is 19.3 Å². The average Bonchev–Trinajstić information content (AvgIpc) is 3.78. The molecule has 63 heavy (non-hydrogen) atoms. The van der Waals surface area contributed by atoms with Gasteiger partial charge >= 0.3 is 0 Å². The lowest BCUT2D eigenvalue weighted by Gasteiger charge is -2.46. The molecule has 0 aromatic carbocycles. The summed E-state index contributed by atoms with van der Waals surface area (Å²) in [4.78, 5) is 40.4. The van der Waals surface area contributed by atoms with Crippen molar-refractivity contribution in [2.24, 2.45) is 5.73 Å². The van der Waals surface area contributed by atoms with E-state index in [0.717, 1.165) is 17.4 Å². The Morgan fingerprint density at radius 2 is 1.43 bits per heavy atom. The summed E-state index contributed by atoms with van der Waals surface area (Å²) in [5.41, 5.74) is 4.70. The highest BCUT2D eigenvalue weighted by atomic mass is 35.5. The molecule has 5 rings (SSSR count). The number of alkyl halides is 1. The van der Waals surface area contributed by atoms with E-state index in [-0.39, 0.29) is 17.6 Å². The van der Waals surface area contributed by atoms with Crippen LogP contribution in [-0.4, -0.2) is 169 Å². The molecule has 5 heterocycles. The van der Waals surface area contributed by atoms with Crippen LogP contribution in [0.3, 0.4) is 0 Å². The molecule has 0 aliphatic carbocycles. The van der Waals surface area contributed by atoms with E-state index in [1.165, 1.54) is 19.1 Å². The van der Waals surface area contributed by atoms with Crippen molar-refractivity contribution in [1.82, 2.24) is 4.90 Å². The van der Waals surface area contributed by atoms with Crippen LogP contribution in [0.5, 0.6) is 0 Å². The number of primary amides is 1. The third-order valence-corrected chi connectivity index (χ3v) is 11.2. The van der Waals surface area contributed by atoms with Crippen molar-refractivity contribution in [1.29, 1.82) is 0 Å². The number of nitrogens with two attached hydrogens (primary N) is 1. The first-order valence-corrected chi connectivity index (χ1v) is 21.0. The molecular weight excluding hydrogens is 871 g/mol. The fourth-order valence-corrected chi connectivity index (χ4v) is 7.77. The van der Waals surface area contributed by atoms with Crippen LogP contribution < -0.4 is 5.73 Å². The Morgan fingerprint density at radius 1 is 0.794 bits per heavy atom. The van der Waals surface area contributed by atoms with Gasteiger partial charge in [0, 0.05) is 5.03 Å². The number of hydrogen-bond donors (Lipinski definition) is 8. The summed E-state index contributed by atoms with van der Waals surface area (Å²) >= 11 is 12.5. The van der Waals surface area contributed by atoms with Crippen molar-refractivity contribution in [2.45, 2.75) is 124 Å². The van der Waals surface area contributed by atoms with Crippen LogP contribution in [0.15, 0.2) is 108 Å². The summed E-state index contributed by atoms with van der Waals surface area (Å²) in [6, 6.07) is -1.64. The highest BCUT2D eigenvalue weighted by Gasteiger charge is 2.56. The first kappa shape index (κ1) is 50.2. The number of amides is 2. The van der Waals surface area contributed by atoms with E-state index in [2.05, 4.69) is 0 Å². The second kappa shape index (κ2) is 23.4. The van der Waals surface area contributed by atoms with E-state index in [1.807, 2.05) is 31.2 Å². The van der Waals surface area contributed by atoms with Gasteiger partial charge < -0.3 is 69.9 Å². The van der Waals surface area contributed by atoms with Gasteiger partial charge in [-0.2, -0.15) is 0 Å². The van der Waals surface area contributed by atoms with Crippen molar-refractivity contribution >= 4 is 40.8 Å². The Labute approximate surface area is 373 Å². The molecule has 16 atom stereocenters. The van der Waals surface area contributed by atoms with E-state index in [0.29, 0.717) is 5.03 Å². The predicted molar refractivity (Wildman–Crippen MR) is 225 cm³/mol. The van der Waals surface area contributed by atoms with Gasteiger partial charge in [-0.15, -0.1) is 11.6 Å². The van der Waals surface area contributed by atoms with Crippen molar-refractivity contribution in [3.8, 4) is 0 Å². The SMILES string of the molecule is C[C@@H]1C[C@H](Cl)[C@H](/C=C/C=C\C=C\C(Cl)=C\C=C\C=C\C=C\C=C\C(O)=C2/C(=O)[C@H](CC(N)=O)N([C@@H]3OC[C@@H](O)[C@H](O)[C@H]3O[C@@H]3OC[C@@H](O[C@@H]4O[C@H](C)[C@@H](O)[C@@H]4O)[C@@H](O)[C@@H]3O)C2=O)O1. The van der Waals surface area contributed by atoms with Gasteiger partial charge in [-0.25, -0.2) is 0 Å². The Balaban J connectivity index is 1.19. The number of ether oxygens (including phenoxy) is 6. The number of Topliss-reactive ketones (excluding diaryl/α,β-unsaturated/α-hetero) is 1. The van der Waals surface area contributed by atoms with Crippen LogP contribution in [0.4, 0.5) is 0 Å². The Kier molecular flexibility index (Phi) is 18.6. The van der Waals surface area contributed by atoms with E-state index >= 15 is 0 Å². The second-order valence-electron chi connectivity index (χ2n) is 15.3. The molecule has 0 unspecified atom stereocenters. The van der Waals surface area contributed by atoms with Gasteiger partial charge in [-0.05, 0) is 38.5 Å². The number of nitrogens with zero attached hydrogens (tertiary/aromatic N) is 1. The molecule has 5 aliphatic rings. The topological polar surface area (TPSA) is 277 Å². The Hall–Kier alpha value is -3.83. The first-order valence-electron chi connectivity index (χ1n) is 20.2. The minimum Gasteiger partial charge on any atom is -0.507 e.